The largest absolute Gasteiger partial charge is 0.493 e. The number of ether oxygens (including phenoxy) is 2. The maximum atomic E-state index is 12.5. The zero-order chi connectivity index (χ0) is 20.0. The van der Waals surface area contributed by atoms with Gasteiger partial charge < -0.3 is 14.6 Å². The number of hydrogen-bond donors (Lipinski definition) is 1. The van der Waals surface area contributed by atoms with Crippen molar-refractivity contribution in [2.24, 2.45) is 5.92 Å². The summed E-state index contributed by atoms with van der Waals surface area (Å²) in [5.74, 6) is 0.570. The molecule has 0 spiro atoms. The van der Waals surface area contributed by atoms with Gasteiger partial charge in [0, 0.05) is 13.0 Å². The first-order valence-corrected chi connectivity index (χ1v) is 9.82. The number of amides is 1. The normalized spacial score (nSPS) is 15.7. The fraction of sp³-hybridized carbons (Fsp3) is 0.421. The van der Waals surface area contributed by atoms with E-state index in [2.05, 4.69) is 13.8 Å². The molecule has 8 heteroatoms. The molecule has 0 unspecified atom stereocenters. The number of carboxylic acid groups (broad SMARTS) is 1. The van der Waals surface area contributed by atoms with E-state index in [1.54, 1.807) is 13.2 Å². The number of carboxylic acids is 1. The van der Waals surface area contributed by atoms with Crippen LogP contribution < -0.4 is 9.47 Å². The molecule has 1 heterocycles. The summed E-state index contributed by atoms with van der Waals surface area (Å²) in [4.78, 5) is 25.1. The summed E-state index contributed by atoms with van der Waals surface area (Å²) >= 11 is 6.47. The zero-order valence-electron chi connectivity index (χ0n) is 15.6. The molecule has 0 radical (unpaired) electrons. The third kappa shape index (κ3) is 5.97. The second-order valence-electron chi connectivity index (χ2n) is 6.45. The number of nitrogens with zero attached hydrogens (tertiary/aromatic N) is 1. The van der Waals surface area contributed by atoms with Crippen LogP contribution in [0.5, 0.6) is 11.5 Å². The molecule has 0 saturated carbocycles. The molecule has 1 N–H and O–H groups in total. The van der Waals surface area contributed by atoms with Crippen molar-refractivity contribution in [2.45, 2.75) is 26.7 Å². The van der Waals surface area contributed by atoms with Crippen molar-refractivity contribution in [3.05, 3.63) is 28.7 Å². The number of benzene rings is 1. The van der Waals surface area contributed by atoms with Gasteiger partial charge in [-0.2, -0.15) is 0 Å². The second-order valence-corrected chi connectivity index (χ2v) is 8.12. The van der Waals surface area contributed by atoms with Crippen LogP contribution in [0.1, 0.15) is 32.3 Å². The predicted molar refractivity (Wildman–Crippen MR) is 110 cm³/mol. The summed E-state index contributed by atoms with van der Waals surface area (Å²) in [6.45, 7) is 5.03. The summed E-state index contributed by atoms with van der Waals surface area (Å²) in [6.07, 6.45) is 2.13. The average Bonchev–Trinajstić information content (AvgIpc) is 2.87. The number of methoxy groups -OCH3 is 1. The van der Waals surface area contributed by atoms with Crippen LogP contribution in [0.2, 0.25) is 0 Å². The van der Waals surface area contributed by atoms with Crippen molar-refractivity contribution in [1.82, 2.24) is 4.90 Å². The Bertz CT molecular complexity index is 760. The fourth-order valence-electron chi connectivity index (χ4n) is 2.38. The zero-order valence-corrected chi connectivity index (χ0v) is 17.2. The van der Waals surface area contributed by atoms with Crippen molar-refractivity contribution >= 4 is 46.3 Å². The van der Waals surface area contributed by atoms with Crippen molar-refractivity contribution in [3.63, 3.8) is 0 Å². The number of aliphatic carboxylic acids is 1. The van der Waals surface area contributed by atoms with Gasteiger partial charge in [-0.3, -0.25) is 14.5 Å². The molecular weight excluding hydrogens is 386 g/mol. The van der Waals surface area contributed by atoms with Crippen LogP contribution in [0.15, 0.2) is 23.1 Å². The monoisotopic (exact) mass is 409 g/mol. The van der Waals surface area contributed by atoms with Gasteiger partial charge in [0.2, 0.25) is 0 Å². The first kappa shape index (κ1) is 21.2. The van der Waals surface area contributed by atoms with Crippen molar-refractivity contribution in [1.29, 1.82) is 0 Å². The first-order valence-electron chi connectivity index (χ1n) is 8.59. The molecule has 0 aliphatic carbocycles. The van der Waals surface area contributed by atoms with Crippen LogP contribution in [0, 0.1) is 5.92 Å². The Morgan fingerprint density at radius 3 is 2.74 bits per heavy atom. The van der Waals surface area contributed by atoms with Gasteiger partial charge in [-0.15, -0.1) is 0 Å². The van der Waals surface area contributed by atoms with E-state index < -0.39 is 5.97 Å². The van der Waals surface area contributed by atoms with Gasteiger partial charge in [-0.1, -0.05) is 43.9 Å². The third-order valence-electron chi connectivity index (χ3n) is 3.70. The lowest BCUT2D eigenvalue weighted by Gasteiger charge is -2.13. The molecular formula is C19H23NO5S2. The highest BCUT2D eigenvalue weighted by molar-refractivity contribution is 8.26. The lowest BCUT2D eigenvalue weighted by atomic mass is 10.1. The van der Waals surface area contributed by atoms with Crippen LogP contribution in [0.4, 0.5) is 0 Å². The second kappa shape index (κ2) is 9.75. The maximum absolute atomic E-state index is 12.5. The van der Waals surface area contributed by atoms with E-state index in [1.165, 1.54) is 16.7 Å². The summed E-state index contributed by atoms with van der Waals surface area (Å²) < 4.78 is 11.6. The molecule has 2 rings (SSSR count). The minimum atomic E-state index is -0.886. The molecule has 27 heavy (non-hydrogen) atoms. The van der Waals surface area contributed by atoms with E-state index in [4.69, 9.17) is 26.8 Å². The van der Waals surface area contributed by atoms with E-state index in [1.807, 2.05) is 18.2 Å². The van der Waals surface area contributed by atoms with Crippen molar-refractivity contribution in [2.75, 3.05) is 20.3 Å². The van der Waals surface area contributed by atoms with Crippen LogP contribution >= 0.6 is 24.0 Å². The molecule has 1 aliphatic heterocycles. The minimum Gasteiger partial charge on any atom is -0.493 e. The Labute approximate surface area is 168 Å². The molecule has 6 nitrogen and oxygen atoms in total. The van der Waals surface area contributed by atoms with Gasteiger partial charge in [0.1, 0.15) is 4.32 Å². The number of rotatable bonds is 9. The van der Waals surface area contributed by atoms with Gasteiger partial charge in [-0.05, 0) is 36.1 Å². The van der Waals surface area contributed by atoms with Gasteiger partial charge >= 0.3 is 5.97 Å². The summed E-state index contributed by atoms with van der Waals surface area (Å²) in [7, 11) is 1.57. The van der Waals surface area contributed by atoms with Gasteiger partial charge in [0.05, 0.1) is 18.6 Å². The van der Waals surface area contributed by atoms with Crippen molar-refractivity contribution in [3.8, 4) is 11.5 Å². The molecule has 1 aliphatic rings. The molecule has 0 aromatic heterocycles. The molecule has 1 aromatic carbocycles. The van der Waals surface area contributed by atoms with E-state index in [9.17, 15) is 9.59 Å². The molecule has 0 bridgehead atoms. The minimum absolute atomic E-state index is 0.00510. The number of hydrogen-bond acceptors (Lipinski definition) is 6. The highest BCUT2D eigenvalue weighted by Crippen LogP contribution is 2.35. The maximum Gasteiger partial charge on any atom is 0.303 e. The van der Waals surface area contributed by atoms with E-state index in [0.29, 0.717) is 46.2 Å². The van der Waals surface area contributed by atoms with Crippen LogP contribution in [-0.2, 0) is 9.59 Å². The van der Waals surface area contributed by atoms with Gasteiger partial charge in [-0.25, -0.2) is 0 Å². The summed E-state index contributed by atoms with van der Waals surface area (Å²) in [6, 6.07) is 5.49. The average molecular weight is 410 g/mol. The van der Waals surface area contributed by atoms with E-state index in [-0.39, 0.29) is 12.3 Å². The smallest absolute Gasteiger partial charge is 0.303 e. The third-order valence-corrected chi connectivity index (χ3v) is 5.08. The van der Waals surface area contributed by atoms with Crippen molar-refractivity contribution < 1.29 is 24.2 Å². The van der Waals surface area contributed by atoms with Crippen LogP contribution in [0.3, 0.4) is 0 Å². The highest BCUT2D eigenvalue weighted by atomic mass is 32.2. The Kier molecular flexibility index (Phi) is 7.67. The SMILES string of the molecule is COc1cc(/C=C2\SC(=S)N(CCCC(=O)O)C2=O)ccc1OCC(C)C. The molecule has 1 aromatic rings. The Hall–Kier alpha value is -2.06. The molecule has 1 saturated heterocycles. The number of thioether (sulfide) groups is 1. The van der Waals surface area contributed by atoms with Gasteiger partial charge in [0.25, 0.3) is 5.91 Å². The number of carbonyl (C=O) groups is 2. The fourth-order valence-corrected chi connectivity index (χ4v) is 3.69. The first-order chi connectivity index (χ1) is 12.8. The molecule has 146 valence electrons. The Balaban J connectivity index is 2.12. The number of carbonyl (C=O) groups excluding carboxylic acids is 1. The summed E-state index contributed by atoms with van der Waals surface area (Å²) in [5.41, 5.74) is 0.801. The van der Waals surface area contributed by atoms with Gasteiger partial charge in [0.15, 0.2) is 11.5 Å². The Morgan fingerprint density at radius 1 is 1.37 bits per heavy atom. The Morgan fingerprint density at radius 2 is 2.11 bits per heavy atom. The highest BCUT2D eigenvalue weighted by Gasteiger charge is 2.31. The molecule has 1 fully saturated rings. The van der Waals surface area contributed by atoms with Crippen LogP contribution in [0.25, 0.3) is 6.08 Å². The standard InChI is InChI=1S/C19H23NO5S2/c1-12(2)11-25-14-7-6-13(9-15(14)24-3)10-16-18(23)20(19(26)27-16)8-4-5-17(21)22/h6-7,9-10,12H,4-5,8,11H2,1-3H3,(H,21,22)/b16-10-. The number of thiocarbonyl (C=S) groups is 1. The predicted octanol–water partition coefficient (Wildman–Crippen LogP) is 3.80. The molecule has 1 amide bonds. The summed E-state index contributed by atoms with van der Waals surface area (Å²) in [5, 5.41) is 8.73. The topological polar surface area (TPSA) is 76.1 Å². The quantitative estimate of drug-likeness (QED) is 0.491. The van der Waals surface area contributed by atoms with E-state index in [0.717, 1.165) is 5.56 Å². The van der Waals surface area contributed by atoms with Crippen LogP contribution in [-0.4, -0.2) is 46.5 Å². The lowest BCUT2D eigenvalue weighted by molar-refractivity contribution is -0.137. The molecule has 0 atom stereocenters. The van der Waals surface area contributed by atoms with E-state index >= 15 is 0 Å². The lowest BCUT2D eigenvalue weighted by Crippen LogP contribution is -2.29.